The van der Waals surface area contributed by atoms with Gasteiger partial charge in [-0.05, 0) is 4.92 Å². The Morgan fingerprint density at radius 3 is 2.75 bits per heavy atom. The minimum absolute atomic E-state index is 0. The van der Waals surface area contributed by atoms with Crippen LogP contribution in [0, 0.1) is 15.5 Å². The second-order valence-corrected chi connectivity index (χ2v) is 1.83. The predicted octanol–water partition coefficient (Wildman–Crippen LogP) is -2.18. The van der Waals surface area contributed by atoms with Crippen LogP contribution in [-0.4, -0.2) is 14.7 Å². The van der Waals surface area contributed by atoms with Crippen LogP contribution in [0.4, 0.5) is 11.5 Å². The predicted molar refractivity (Wildman–Crippen MR) is 34.6 cm³/mol. The highest BCUT2D eigenvalue weighted by molar-refractivity contribution is 5.56. The zero-order chi connectivity index (χ0) is 8.43. The van der Waals surface area contributed by atoms with Gasteiger partial charge < -0.3 is 22.5 Å². The Balaban J connectivity index is 0.00000121. The summed E-state index contributed by atoms with van der Waals surface area (Å²) in [5.41, 5.74) is -0.141. The Morgan fingerprint density at radius 1 is 1.83 bits per heavy atom. The van der Waals surface area contributed by atoms with Crippen LogP contribution in [0.1, 0.15) is 0 Å². The lowest BCUT2D eigenvalue weighted by Crippen LogP contribution is -3.00. The average Bonchev–Trinajstić information content (AvgIpc) is 2.30. The maximum Gasteiger partial charge on any atom is 0.500 e. The van der Waals surface area contributed by atoms with Crippen molar-refractivity contribution in [1.82, 2.24) is 9.78 Å². The molecule has 0 aromatic carbocycles. The van der Waals surface area contributed by atoms with Crippen molar-refractivity contribution in [2.75, 3.05) is 0 Å². The Morgan fingerprint density at radius 2 is 2.42 bits per heavy atom. The van der Waals surface area contributed by atoms with Gasteiger partial charge >= 0.3 is 11.5 Å². The molecule has 12 heavy (non-hydrogen) atoms. The molecule has 0 fully saturated rings. The van der Waals surface area contributed by atoms with Gasteiger partial charge in [0.2, 0.25) is 5.39 Å². The van der Waals surface area contributed by atoms with E-state index in [-0.39, 0.29) is 23.9 Å². The molecule has 1 aromatic rings. The second-order valence-electron chi connectivity index (χ2n) is 1.83. The summed E-state index contributed by atoms with van der Waals surface area (Å²) in [5.74, 6) is -0.326. The largest absolute Gasteiger partial charge is 1.00 e. The van der Waals surface area contributed by atoms with Gasteiger partial charge in [-0.2, -0.15) is 0 Å². The van der Waals surface area contributed by atoms with Gasteiger partial charge in [-0.15, -0.1) is 4.68 Å². The number of aryl methyl sites for hydroxylation is 1. The molecular weight excluding hydrogens is 186 g/mol. The first-order valence-corrected chi connectivity index (χ1v) is 2.68. The molecule has 8 heteroatoms. The van der Waals surface area contributed by atoms with E-state index in [9.17, 15) is 10.1 Å². The van der Waals surface area contributed by atoms with Crippen molar-refractivity contribution in [2.45, 2.75) is 0 Å². The number of hydrogen-bond acceptors (Lipinski definition) is 4. The first kappa shape index (κ1) is 10.3. The molecule has 0 radical (unpaired) electrons. The Bertz CT molecular complexity index is 340. The van der Waals surface area contributed by atoms with Crippen LogP contribution >= 0.6 is 0 Å². The number of diazo groups is 1. The van der Waals surface area contributed by atoms with Gasteiger partial charge in [-0.25, -0.2) is 0 Å². The molecule has 0 saturated heterocycles. The Labute approximate surface area is 73.2 Å². The highest BCUT2D eigenvalue weighted by atomic mass is 35.5. The van der Waals surface area contributed by atoms with E-state index in [2.05, 4.69) is 10.1 Å². The molecule has 0 aliphatic heterocycles. The van der Waals surface area contributed by atoms with E-state index in [0.717, 1.165) is 10.9 Å². The van der Waals surface area contributed by atoms with Gasteiger partial charge in [0.25, 0.3) is 0 Å². The molecule has 0 amide bonds. The summed E-state index contributed by atoms with van der Waals surface area (Å²) in [7, 11) is 1.40. The number of hydrogen-bond donors (Lipinski definition) is 0. The van der Waals surface area contributed by atoms with Gasteiger partial charge in [-0.3, -0.25) is 0 Å². The summed E-state index contributed by atoms with van der Waals surface area (Å²) >= 11 is 0. The molecule has 0 atom stereocenters. The molecule has 7 nitrogen and oxygen atoms in total. The molecule has 0 unspecified atom stereocenters. The lowest BCUT2D eigenvalue weighted by molar-refractivity contribution is -0.391. The summed E-state index contributed by atoms with van der Waals surface area (Å²) in [6, 6.07) is 0. The zero-order valence-corrected chi connectivity index (χ0v) is 6.76. The molecular formula is C4H4ClN5O2. The van der Waals surface area contributed by atoms with E-state index >= 15 is 0 Å². The fourth-order valence-corrected chi connectivity index (χ4v) is 0.702. The average molecular weight is 190 g/mol. The molecule has 0 saturated carbocycles. The van der Waals surface area contributed by atoms with E-state index in [0.29, 0.717) is 0 Å². The molecule has 0 bridgehead atoms. The van der Waals surface area contributed by atoms with Crippen molar-refractivity contribution < 1.29 is 17.3 Å². The molecule has 0 aliphatic rings. The van der Waals surface area contributed by atoms with Gasteiger partial charge in [0.15, 0.2) is 11.2 Å². The topological polar surface area (TPSA) is 89.1 Å². The zero-order valence-electron chi connectivity index (χ0n) is 6.01. The smallest absolute Gasteiger partial charge is 0.500 e. The van der Waals surface area contributed by atoms with Gasteiger partial charge in [0.1, 0.15) is 7.05 Å². The first-order valence-electron chi connectivity index (χ1n) is 2.68. The second kappa shape index (κ2) is 3.64. The Hall–Kier alpha value is -1.68. The molecule has 1 rings (SSSR count). The van der Waals surface area contributed by atoms with E-state index in [1.165, 1.54) is 7.05 Å². The molecule has 1 heterocycles. The van der Waals surface area contributed by atoms with Crippen molar-refractivity contribution in [2.24, 2.45) is 7.05 Å². The van der Waals surface area contributed by atoms with Crippen LogP contribution in [0.2, 0.25) is 0 Å². The van der Waals surface area contributed by atoms with Crippen LogP contribution in [-0.2, 0) is 7.05 Å². The van der Waals surface area contributed by atoms with Crippen molar-refractivity contribution >= 4 is 11.5 Å². The van der Waals surface area contributed by atoms with Crippen LogP contribution in [0.3, 0.4) is 0 Å². The van der Waals surface area contributed by atoms with Gasteiger partial charge in [0.05, 0.1) is 0 Å². The van der Waals surface area contributed by atoms with Crippen LogP contribution in [0.15, 0.2) is 6.20 Å². The lowest BCUT2D eigenvalue weighted by Gasteiger charge is -1.87. The minimum atomic E-state index is -0.665. The fraction of sp³-hybridized carbons (Fsp3) is 0.250. The molecule has 0 aliphatic carbocycles. The Kier molecular flexibility index (Phi) is 3.13. The van der Waals surface area contributed by atoms with Crippen molar-refractivity contribution in [3.8, 4) is 0 Å². The number of halogens is 1. The van der Waals surface area contributed by atoms with Crippen molar-refractivity contribution in [1.29, 1.82) is 5.39 Å². The van der Waals surface area contributed by atoms with E-state index in [4.69, 9.17) is 5.39 Å². The third-order valence-corrected chi connectivity index (χ3v) is 1.17. The standard InChI is InChI=1S/C4H4N5O2.ClH/c1-8-4(9(10)11)3(7-5)2-6-8;/h2H,1H3;1H/q+1;/p-1. The number of rotatable bonds is 1. The summed E-state index contributed by atoms with van der Waals surface area (Å²) in [6.45, 7) is 0. The summed E-state index contributed by atoms with van der Waals surface area (Å²) in [6.07, 6.45) is 1.11. The normalized spacial score (nSPS) is 8.33. The minimum Gasteiger partial charge on any atom is -1.00 e. The maximum absolute atomic E-state index is 10.2. The van der Waals surface area contributed by atoms with E-state index in [1.54, 1.807) is 0 Å². The third kappa shape index (κ3) is 1.49. The number of nitro groups is 1. The van der Waals surface area contributed by atoms with Crippen LogP contribution in [0.25, 0.3) is 4.98 Å². The van der Waals surface area contributed by atoms with Crippen LogP contribution in [0.5, 0.6) is 0 Å². The van der Waals surface area contributed by atoms with Crippen molar-refractivity contribution in [3.05, 3.63) is 21.3 Å². The summed E-state index contributed by atoms with van der Waals surface area (Å²) < 4.78 is 1.02. The summed E-state index contributed by atoms with van der Waals surface area (Å²) in [5, 5.41) is 22.0. The lowest BCUT2D eigenvalue weighted by atomic mass is 10.5. The molecule has 1 aromatic heterocycles. The summed E-state index contributed by atoms with van der Waals surface area (Å²) in [4.78, 5) is 12.3. The highest BCUT2D eigenvalue weighted by Crippen LogP contribution is 2.24. The SMILES string of the molecule is Cn1ncc([N+]#N)c1[N+](=O)[O-].[Cl-]. The maximum atomic E-state index is 10.2. The fourth-order valence-electron chi connectivity index (χ4n) is 0.702. The van der Waals surface area contributed by atoms with Crippen molar-refractivity contribution in [3.63, 3.8) is 0 Å². The van der Waals surface area contributed by atoms with E-state index < -0.39 is 4.92 Å². The highest BCUT2D eigenvalue weighted by Gasteiger charge is 2.29. The van der Waals surface area contributed by atoms with Gasteiger partial charge in [0, 0.05) is 0 Å². The molecule has 0 spiro atoms. The first-order chi connectivity index (χ1) is 5.16. The van der Waals surface area contributed by atoms with Crippen LogP contribution < -0.4 is 12.4 Å². The third-order valence-electron chi connectivity index (χ3n) is 1.17. The molecule has 0 N–H and O–H groups in total. The monoisotopic (exact) mass is 189 g/mol. The quantitative estimate of drug-likeness (QED) is 0.285. The van der Waals surface area contributed by atoms with E-state index in [1.807, 2.05) is 0 Å². The number of aromatic nitrogens is 2. The number of nitrogens with zero attached hydrogens (tertiary/aromatic N) is 5. The van der Waals surface area contributed by atoms with Gasteiger partial charge in [-0.1, -0.05) is 5.10 Å². The molecule has 64 valence electrons.